The maximum absolute atomic E-state index is 11.4. The van der Waals surface area contributed by atoms with E-state index in [-0.39, 0.29) is 23.0 Å². The molecule has 0 unspecified atom stereocenters. The Bertz CT molecular complexity index is 320. The van der Waals surface area contributed by atoms with E-state index in [0.29, 0.717) is 18.9 Å². The van der Waals surface area contributed by atoms with Gasteiger partial charge in [-0.3, -0.25) is 4.79 Å². The van der Waals surface area contributed by atoms with Crippen molar-refractivity contribution in [2.24, 2.45) is 11.8 Å². The molecule has 0 spiro atoms. The van der Waals surface area contributed by atoms with Crippen LogP contribution in [0.2, 0.25) is 18.1 Å². The van der Waals surface area contributed by atoms with Crippen LogP contribution < -0.4 is 0 Å². The Kier molecular flexibility index (Phi) is 5.24. The predicted octanol–water partition coefficient (Wildman–Crippen LogP) is 3.99. The van der Waals surface area contributed by atoms with Gasteiger partial charge in [0.1, 0.15) is 6.10 Å². The third-order valence-corrected chi connectivity index (χ3v) is 9.21. The summed E-state index contributed by atoms with van der Waals surface area (Å²) in [6.45, 7) is 16.2. The Morgan fingerprint density at radius 1 is 1.42 bits per heavy atom. The van der Waals surface area contributed by atoms with Gasteiger partial charge in [0.05, 0.1) is 0 Å². The molecule has 1 saturated heterocycles. The molecule has 4 heteroatoms. The van der Waals surface area contributed by atoms with Crippen molar-refractivity contribution in [2.75, 3.05) is 6.61 Å². The second-order valence-corrected chi connectivity index (χ2v) is 12.3. The first-order valence-electron chi connectivity index (χ1n) is 7.38. The normalized spacial score (nSPS) is 27.0. The molecule has 112 valence electrons. The van der Waals surface area contributed by atoms with E-state index in [4.69, 9.17) is 9.16 Å². The zero-order valence-corrected chi connectivity index (χ0v) is 14.6. The minimum atomic E-state index is -1.71. The lowest BCUT2D eigenvalue weighted by atomic mass is 9.88. The van der Waals surface area contributed by atoms with Crippen LogP contribution in [-0.4, -0.2) is 27.0 Å². The first kappa shape index (κ1) is 16.7. The number of esters is 1. The summed E-state index contributed by atoms with van der Waals surface area (Å²) in [4.78, 5) is 11.4. The largest absolute Gasteiger partial charge is 0.462 e. The van der Waals surface area contributed by atoms with Crippen molar-refractivity contribution >= 4 is 14.3 Å². The van der Waals surface area contributed by atoms with E-state index in [0.717, 1.165) is 6.42 Å². The van der Waals surface area contributed by atoms with E-state index in [1.54, 1.807) is 0 Å². The quantitative estimate of drug-likeness (QED) is 0.579. The molecule has 3 atom stereocenters. The van der Waals surface area contributed by atoms with Gasteiger partial charge >= 0.3 is 5.97 Å². The van der Waals surface area contributed by atoms with E-state index in [1.807, 2.05) is 0 Å². The highest BCUT2D eigenvalue weighted by atomic mass is 28.4. The molecule has 0 aromatic rings. The number of hydrogen-bond donors (Lipinski definition) is 0. The number of carbonyl (C=O) groups is 1. The number of cyclic esters (lactones) is 1. The molecule has 0 aromatic carbocycles. The number of hydrogen-bond acceptors (Lipinski definition) is 3. The van der Waals surface area contributed by atoms with Crippen LogP contribution in [0.3, 0.4) is 0 Å². The van der Waals surface area contributed by atoms with Gasteiger partial charge in [-0.1, -0.05) is 34.6 Å². The van der Waals surface area contributed by atoms with Gasteiger partial charge in [0, 0.05) is 18.9 Å². The maximum atomic E-state index is 11.4. The smallest absolute Gasteiger partial charge is 0.306 e. The molecular weight excluding hydrogens is 256 g/mol. The third kappa shape index (κ3) is 4.31. The van der Waals surface area contributed by atoms with Gasteiger partial charge in [-0.2, -0.15) is 0 Å². The second kappa shape index (κ2) is 5.96. The molecule has 0 N–H and O–H groups in total. The molecule has 3 nitrogen and oxygen atoms in total. The van der Waals surface area contributed by atoms with Gasteiger partial charge < -0.3 is 9.16 Å². The molecule has 1 rings (SSSR count). The zero-order valence-electron chi connectivity index (χ0n) is 13.6. The summed E-state index contributed by atoms with van der Waals surface area (Å²) in [5.41, 5.74) is 0. The molecule has 0 saturated carbocycles. The number of rotatable bonds is 4. The lowest BCUT2D eigenvalue weighted by Gasteiger charge is -2.39. The van der Waals surface area contributed by atoms with Crippen LogP contribution in [0.5, 0.6) is 0 Å². The molecule has 19 heavy (non-hydrogen) atoms. The average molecular weight is 286 g/mol. The number of carbonyl (C=O) groups excluding carboxylic acids is 1. The SMILES string of the molecule is C[C@@H]1CCC(=O)O[C@@H]1[C@H](C)CO[Si](C)(C)C(C)(C)C. The van der Waals surface area contributed by atoms with Gasteiger partial charge in [0.25, 0.3) is 0 Å². The summed E-state index contributed by atoms with van der Waals surface area (Å²) in [7, 11) is -1.71. The molecule has 0 bridgehead atoms. The zero-order chi connectivity index (χ0) is 14.8. The highest BCUT2D eigenvalue weighted by molar-refractivity contribution is 6.74. The fourth-order valence-electron chi connectivity index (χ4n) is 2.16. The predicted molar refractivity (Wildman–Crippen MR) is 80.6 cm³/mol. The van der Waals surface area contributed by atoms with Gasteiger partial charge in [0.15, 0.2) is 8.32 Å². The van der Waals surface area contributed by atoms with E-state index in [9.17, 15) is 4.79 Å². The highest BCUT2D eigenvalue weighted by Crippen LogP contribution is 2.37. The monoisotopic (exact) mass is 286 g/mol. The summed E-state index contributed by atoms with van der Waals surface area (Å²) in [6, 6.07) is 0. The topological polar surface area (TPSA) is 35.5 Å². The van der Waals surface area contributed by atoms with Crippen molar-refractivity contribution < 1.29 is 14.0 Å². The third-order valence-electron chi connectivity index (χ3n) is 4.71. The first-order valence-corrected chi connectivity index (χ1v) is 10.3. The van der Waals surface area contributed by atoms with Crippen LogP contribution in [0, 0.1) is 11.8 Å². The van der Waals surface area contributed by atoms with Crippen LogP contribution >= 0.6 is 0 Å². The average Bonchev–Trinajstić information content (AvgIpc) is 2.28. The maximum Gasteiger partial charge on any atom is 0.306 e. The summed E-state index contributed by atoms with van der Waals surface area (Å²) in [5.74, 6) is 0.659. The van der Waals surface area contributed by atoms with E-state index >= 15 is 0 Å². The van der Waals surface area contributed by atoms with Gasteiger partial charge in [-0.05, 0) is 30.5 Å². The lowest BCUT2D eigenvalue weighted by Crippen LogP contribution is -2.44. The van der Waals surface area contributed by atoms with Crippen molar-refractivity contribution in [1.29, 1.82) is 0 Å². The van der Waals surface area contributed by atoms with Crippen LogP contribution in [0.1, 0.15) is 47.5 Å². The Morgan fingerprint density at radius 2 is 2.00 bits per heavy atom. The lowest BCUT2D eigenvalue weighted by molar-refractivity contribution is -0.162. The minimum Gasteiger partial charge on any atom is -0.462 e. The standard InChI is InChI=1S/C15H30O3Si/c1-11-8-9-13(16)18-14(11)12(2)10-17-19(6,7)15(3,4)5/h11-12,14H,8-10H2,1-7H3/t11-,12-,14+/m1/s1. The molecular formula is C15H30O3Si. The van der Waals surface area contributed by atoms with E-state index in [2.05, 4.69) is 47.7 Å². The van der Waals surface area contributed by atoms with Crippen molar-refractivity contribution in [2.45, 2.75) is 71.7 Å². The first-order chi connectivity index (χ1) is 8.54. The molecule has 1 aliphatic rings. The van der Waals surface area contributed by atoms with Crippen LogP contribution in [0.4, 0.5) is 0 Å². The van der Waals surface area contributed by atoms with Crippen molar-refractivity contribution in [3.63, 3.8) is 0 Å². The van der Waals surface area contributed by atoms with Gasteiger partial charge in [-0.25, -0.2) is 0 Å². The number of ether oxygens (including phenoxy) is 1. The van der Waals surface area contributed by atoms with Gasteiger partial charge in [0.2, 0.25) is 0 Å². The molecule has 0 amide bonds. The van der Waals surface area contributed by atoms with Crippen LogP contribution in [-0.2, 0) is 14.0 Å². The molecule has 0 radical (unpaired) electrons. The van der Waals surface area contributed by atoms with Gasteiger partial charge in [-0.15, -0.1) is 0 Å². The van der Waals surface area contributed by atoms with Crippen molar-refractivity contribution in [1.82, 2.24) is 0 Å². The molecule has 1 fully saturated rings. The Morgan fingerprint density at radius 3 is 2.53 bits per heavy atom. The van der Waals surface area contributed by atoms with Crippen molar-refractivity contribution in [3.05, 3.63) is 0 Å². The second-order valence-electron chi connectivity index (χ2n) is 7.52. The summed E-state index contributed by atoms with van der Waals surface area (Å²) >= 11 is 0. The molecule has 1 heterocycles. The fourth-order valence-corrected chi connectivity index (χ4v) is 3.28. The highest BCUT2D eigenvalue weighted by Gasteiger charge is 2.39. The van der Waals surface area contributed by atoms with Crippen molar-refractivity contribution in [3.8, 4) is 0 Å². The molecule has 0 aromatic heterocycles. The minimum absolute atomic E-state index is 0.0195. The van der Waals surface area contributed by atoms with Crippen LogP contribution in [0.25, 0.3) is 0 Å². The fraction of sp³-hybridized carbons (Fsp3) is 0.933. The van der Waals surface area contributed by atoms with E-state index < -0.39 is 8.32 Å². The van der Waals surface area contributed by atoms with E-state index in [1.165, 1.54) is 0 Å². The summed E-state index contributed by atoms with van der Waals surface area (Å²) in [5, 5.41) is 0.224. The van der Waals surface area contributed by atoms with Crippen LogP contribution in [0.15, 0.2) is 0 Å². The Hall–Kier alpha value is -0.353. The molecule has 1 aliphatic heterocycles. The summed E-state index contributed by atoms with van der Waals surface area (Å²) < 4.78 is 11.7. The summed E-state index contributed by atoms with van der Waals surface area (Å²) in [6.07, 6.45) is 1.52. The molecule has 0 aliphatic carbocycles. The Labute approximate surface area is 119 Å². The Balaban J connectivity index is 2.55.